The number of nitrogens with one attached hydrogen (secondary N) is 1. The third-order valence-corrected chi connectivity index (χ3v) is 1.65. The third kappa shape index (κ3) is 1.69. The summed E-state index contributed by atoms with van der Waals surface area (Å²) >= 11 is 0. The molecule has 0 saturated carbocycles. The lowest BCUT2D eigenvalue weighted by atomic mass is 9.79. The average Bonchev–Trinajstić information content (AvgIpc) is 2.05. The molecule has 0 aromatic heterocycles. The van der Waals surface area contributed by atoms with Crippen molar-refractivity contribution in [2.75, 3.05) is 18.1 Å². The summed E-state index contributed by atoms with van der Waals surface area (Å²) in [6, 6.07) is 4.99. The summed E-state index contributed by atoms with van der Waals surface area (Å²) in [5.41, 5.74) is 7.00. The Morgan fingerprint density at radius 3 is 2.58 bits per heavy atom. The molecule has 12 heavy (non-hydrogen) atoms. The molecule has 0 fully saturated rings. The van der Waals surface area contributed by atoms with Crippen molar-refractivity contribution in [1.29, 1.82) is 0 Å². The van der Waals surface area contributed by atoms with E-state index in [1.54, 1.807) is 25.2 Å². The van der Waals surface area contributed by atoms with Crippen LogP contribution in [-0.2, 0) is 0 Å². The largest absolute Gasteiger partial charge is 0.490 e. The van der Waals surface area contributed by atoms with Gasteiger partial charge in [-0.1, -0.05) is 0 Å². The second-order valence-corrected chi connectivity index (χ2v) is 2.47. The highest BCUT2D eigenvalue weighted by Crippen LogP contribution is 2.07. The van der Waals surface area contributed by atoms with E-state index in [2.05, 4.69) is 5.32 Å². The van der Waals surface area contributed by atoms with Gasteiger partial charge < -0.3 is 21.1 Å². The number of rotatable bonds is 2. The summed E-state index contributed by atoms with van der Waals surface area (Å²) in [6.07, 6.45) is 0. The molecule has 0 aliphatic carbocycles. The highest BCUT2D eigenvalue weighted by atomic mass is 16.4. The van der Waals surface area contributed by atoms with E-state index in [0.717, 1.165) is 5.69 Å². The van der Waals surface area contributed by atoms with Crippen LogP contribution in [0.1, 0.15) is 0 Å². The van der Waals surface area contributed by atoms with E-state index in [1.807, 2.05) is 0 Å². The maximum absolute atomic E-state index is 8.87. The van der Waals surface area contributed by atoms with Gasteiger partial charge in [-0.3, -0.25) is 0 Å². The van der Waals surface area contributed by atoms with Crippen molar-refractivity contribution in [3.8, 4) is 0 Å². The smallest absolute Gasteiger partial charge is 0.423 e. The molecule has 5 heteroatoms. The van der Waals surface area contributed by atoms with E-state index in [4.69, 9.17) is 15.8 Å². The first kappa shape index (κ1) is 8.90. The van der Waals surface area contributed by atoms with E-state index in [-0.39, 0.29) is 0 Å². The van der Waals surface area contributed by atoms with Crippen LogP contribution in [-0.4, -0.2) is 24.2 Å². The van der Waals surface area contributed by atoms with Crippen molar-refractivity contribution in [3.63, 3.8) is 0 Å². The number of nitrogen functional groups attached to an aromatic ring is 1. The van der Waals surface area contributed by atoms with Gasteiger partial charge in [-0.05, 0) is 18.2 Å². The van der Waals surface area contributed by atoms with Crippen molar-refractivity contribution in [2.24, 2.45) is 0 Å². The van der Waals surface area contributed by atoms with Crippen LogP contribution in [0.2, 0.25) is 0 Å². The molecule has 1 aromatic rings. The first-order chi connectivity index (χ1) is 5.65. The zero-order chi connectivity index (χ0) is 9.14. The van der Waals surface area contributed by atoms with E-state index in [9.17, 15) is 0 Å². The van der Waals surface area contributed by atoms with E-state index in [1.165, 1.54) is 0 Å². The standard InChI is InChI=1S/C7H11BN2O2/c1-10-5-2-3-7(9)6(4-5)8(11)12/h2-4,10-12H,9H2,1H3. The van der Waals surface area contributed by atoms with Crippen LogP contribution < -0.4 is 16.5 Å². The first-order valence-corrected chi connectivity index (χ1v) is 3.58. The van der Waals surface area contributed by atoms with E-state index < -0.39 is 7.12 Å². The normalized spacial score (nSPS) is 9.58. The highest BCUT2D eigenvalue weighted by Gasteiger charge is 2.14. The fraction of sp³-hybridized carbons (Fsp3) is 0.143. The van der Waals surface area contributed by atoms with Crippen molar-refractivity contribution in [3.05, 3.63) is 18.2 Å². The molecule has 1 aromatic carbocycles. The van der Waals surface area contributed by atoms with Crippen LogP contribution in [0.4, 0.5) is 11.4 Å². The molecular weight excluding hydrogens is 155 g/mol. The molecule has 0 amide bonds. The SMILES string of the molecule is CNc1ccc(N)c(B(O)O)c1. The Labute approximate surface area is 71.2 Å². The Balaban J connectivity index is 3.08. The van der Waals surface area contributed by atoms with Gasteiger partial charge in [0.25, 0.3) is 0 Å². The van der Waals surface area contributed by atoms with Gasteiger partial charge in [0.1, 0.15) is 0 Å². The predicted octanol–water partition coefficient (Wildman–Crippen LogP) is -1.01. The summed E-state index contributed by atoms with van der Waals surface area (Å²) < 4.78 is 0. The molecule has 0 heterocycles. The number of hydrogen-bond acceptors (Lipinski definition) is 4. The van der Waals surface area contributed by atoms with Crippen molar-refractivity contribution >= 4 is 24.0 Å². The number of anilines is 2. The average molecular weight is 166 g/mol. The predicted molar refractivity (Wildman–Crippen MR) is 50.2 cm³/mol. The molecular formula is C7H11BN2O2. The van der Waals surface area contributed by atoms with Gasteiger partial charge in [-0.15, -0.1) is 0 Å². The molecule has 0 radical (unpaired) electrons. The van der Waals surface area contributed by atoms with Gasteiger partial charge in [-0.25, -0.2) is 0 Å². The van der Waals surface area contributed by atoms with Crippen LogP contribution in [0.25, 0.3) is 0 Å². The fourth-order valence-corrected chi connectivity index (χ4v) is 0.954. The monoisotopic (exact) mass is 166 g/mol. The van der Waals surface area contributed by atoms with Crippen molar-refractivity contribution < 1.29 is 10.0 Å². The lowest BCUT2D eigenvalue weighted by Gasteiger charge is -2.06. The summed E-state index contributed by atoms with van der Waals surface area (Å²) in [6.45, 7) is 0. The summed E-state index contributed by atoms with van der Waals surface area (Å²) in [4.78, 5) is 0. The van der Waals surface area contributed by atoms with Gasteiger partial charge in [0.05, 0.1) is 0 Å². The highest BCUT2D eigenvalue weighted by molar-refractivity contribution is 6.60. The Bertz CT molecular complexity index is 278. The maximum atomic E-state index is 8.87. The number of hydrogen-bond donors (Lipinski definition) is 4. The third-order valence-electron chi connectivity index (χ3n) is 1.65. The summed E-state index contributed by atoms with van der Waals surface area (Å²) in [7, 11) is 0.234. The minimum Gasteiger partial charge on any atom is -0.423 e. The topological polar surface area (TPSA) is 78.5 Å². The first-order valence-electron chi connectivity index (χ1n) is 3.58. The van der Waals surface area contributed by atoms with Gasteiger partial charge in [0.2, 0.25) is 0 Å². The van der Waals surface area contributed by atoms with Crippen LogP contribution in [0.15, 0.2) is 18.2 Å². The fourth-order valence-electron chi connectivity index (χ4n) is 0.954. The molecule has 64 valence electrons. The summed E-state index contributed by atoms with van der Waals surface area (Å²) in [5.74, 6) is 0. The Hall–Kier alpha value is -1.20. The van der Waals surface area contributed by atoms with Gasteiger partial charge >= 0.3 is 7.12 Å². The van der Waals surface area contributed by atoms with Crippen molar-refractivity contribution in [1.82, 2.24) is 0 Å². The molecule has 0 bridgehead atoms. The van der Waals surface area contributed by atoms with Crippen LogP contribution >= 0.6 is 0 Å². The Morgan fingerprint density at radius 1 is 1.42 bits per heavy atom. The minimum atomic E-state index is -1.52. The van der Waals surface area contributed by atoms with Gasteiger partial charge in [0.15, 0.2) is 0 Å². The molecule has 0 spiro atoms. The molecule has 0 atom stereocenters. The molecule has 0 aliphatic rings. The van der Waals surface area contributed by atoms with Gasteiger partial charge in [0, 0.05) is 23.9 Å². The Morgan fingerprint density at radius 2 is 2.08 bits per heavy atom. The number of benzene rings is 1. The maximum Gasteiger partial charge on any atom is 0.490 e. The Kier molecular flexibility index (Phi) is 2.57. The molecule has 0 unspecified atom stereocenters. The number of nitrogens with two attached hydrogens (primary N) is 1. The zero-order valence-electron chi connectivity index (χ0n) is 6.78. The lowest BCUT2D eigenvalue weighted by molar-refractivity contribution is 0.426. The zero-order valence-corrected chi connectivity index (χ0v) is 6.78. The molecule has 5 N–H and O–H groups in total. The molecule has 0 saturated heterocycles. The van der Waals surface area contributed by atoms with Crippen LogP contribution in [0.3, 0.4) is 0 Å². The second-order valence-electron chi connectivity index (χ2n) is 2.47. The quantitative estimate of drug-likeness (QED) is 0.335. The van der Waals surface area contributed by atoms with E-state index >= 15 is 0 Å². The molecule has 4 nitrogen and oxygen atoms in total. The van der Waals surface area contributed by atoms with Crippen LogP contribution in [0, 0.1) is 0 Å². The minimum absolute atomic E-state index is 0.321. The van der Waals surface area contributed by atoms with Gasteiger partial charge in [-0.2, -0.15) is 0 Å². The lowest BCUT2D eigenvalue weighted by Crippen LogP contribution is -2.32. The second kappa shape index (κ2) is 3.47. The van der Waals surface area contributed by atoms with Crippen LogP contribution in [0.5, 0.6) is 0 Å². The molecule has 1 rings (SSSR count). The van der Waals surface area contributed by atoms with E-state index in [0.29, 0.717) is 11.2 Å². The van der Waals surface area contributed by atoms with Crippen molar-refractivity contribution in [2.45, 2.75) is 0 Å². The molecule has 0 aliphatic heterocycles. The summed E-state index contributed by atoms with van der Waals surface area (Å²) in [5, 5.41) is 20.6.